The molecule has 0 amide bonds. The number of H-pyrrole nitrogens is 1. The molecule has 3 N–H and O–H groups in total. The number of imidazole rings is 1. The zero-order valence-electron chi connectivity index (χ0n) is 16.2. The van der Waals surface area contributed by atoms with Gasteiger partial charge in [-0.1, -0.05) is 6.92 Å². The Morgan fingerprint density at radius 3 is 2.90 bits per heavy atom. The molecule has 4 rings (SSSR count). The van der Waals surface area contributed by atoms with Crippen LogP contribution < -0.4 is 9.30 Å². The Balaban J connectivity index is 1.68. The Hall–Kier alpha value is -2.24. The van der Waals surface area contributed by atoms with Crippen molar-refractivity contribution in [3.05, 3.63) is 34.4 Å². The third kappa shape index (κ3) is 4.14. The average Bonchev–Trinajstić information content (AvgIpc) is 3.34. The molecular formula is C19H22F3N4O3S+. The van der Waals surface area contributed by atoms with Crippen LogP contribution in [-0.2, 0) is 25.6 Å². The first-order valence-electron chi connectivity index (χ1n) is 9.69. The number of aliphatic hydroxyl groups excluding tert-OH is 2. The van der Waals surface area contributed by atoms with E-state index in [0.29, 0.717) is 25.2 Å². The highest BCUT2D eigenvalue weighted by molar-refractivity contribution is 7.18. The average molecular weight is 443 g/mol. The van der Waals surface area contributed by atoms with Crippen molar-refractivity contribution in [2.45, 2.75) is 50.9 Å². The molecule has 1 aliphatic rings. The normalized spacial score (nSPS) is 17.9. The lowest BCUT2D eigenvalue weighted by Crippen LogP contribution is -2.41. The van der Waals surface area contributed by atoms with Gasteiger partial charge in [-0.25, -0.2) is 9.55 Å². The number of alkyl halides is 3. The molecule has 1 aliphatic heterocycles. The molecule has 4 heterocycles. The lowest BCUT2D eigenvalue weighted by molar-refractivity contribution is -0.709. The van der Waals surface area contributed by atoms with Gasteiger partial charge >= 0.3 is 12.2 Å². The van der Waals surface area contributed by atoms with Gasteiger partial charge in [-0.15, -0.1) is 11.3 Å². The first-order valence-corrected chi connectivity index (χ1v) is 10.5. The second-order valence-electron chi connectivity index (χ2n) is 7.32. The summed E-state index contributed by atoms with van der Waals surface area (Å²) in [4.78, 5) is 13.3. The molecule has 0 aromatic carbocycles. The van der Waals surface area contributed by atoms with Gasteiger partial charge in [0.05, 0.1) is 25.3 Å². The molecule has 0 radical (unpaired) electrons. The van der Waals surface area contributed by atoms with E-state index in [4.69, 9.17) is 9.84 Å². The van der Waals surface area contributed by atoms with Crippen molar-refractivity contribution in [1.29, 1.82) is 0 Å². The number of hydrogen-bond acceptors (Lipinski definition) is 6. The van der Waals surface area contributed by atoms with E-state index >= 15 is 0 Å². The third-order valence-corrected chi connectivity index (χ3v) is 6.35. The number of rotatable bonds is 6. The van der Waals surface area contributed by atoms with Gasteiger partial charge in [0.25, 0.3) is 5.82 Å². The Labute approximate surface area is 174 Å². The summed E-state index contributed by atoms with van der Waals surface area (Å²) < 4.78 is 46.3. The Morgan fingerprint density at radius 2 is 2.20 bits per heavy atom. The minimum absolute atomic E-state index is 0.0930. The van der Waals surface area contributed by atoms with Crippen LogP contribution in [0.25, 0.3) is 10.2 Å². The Bertz CT molecular complexity index is 1050. The summed E-state index contributed by atoms with van der Waals surface area (Å²) in [7, 11) is 0. The van der Waals surface area contributed by atoms with Crippen molar-refractivity contribution in [2.24, 2.45) is 0 Å². The van der Waals surface area contributed by atoms with Crippen LogP contribution >= 0.6 is 11.3 Å². The van der Waals surface area contributed by atoms with Crippen molar-refractivity contribution in [1.82, 2.24) is 15.0 Å². The zero-order chi connectivity index (χ0) is 21.5. The standard InChI is InChI=1S/C19H21F3N4O3S/c1-2-12-6-13-16(24-18(25-17(13)30-12)29-9-11(28)8-27)10-3-4-26-7-14(19(20,21)22)23-15(26)5-10/h6-7,10-11,27-28H,2-5,8-9H2,1H3/p+1. The Kier molecular flexibility index (Phi) is 5.69. The molecule has 7 nitrogen and oxygen atoms in total. The van der Waals surface area contributed by atoms with Crippen LogP contribution in [0.3, 0.4) is 0 Å². The van der Waals surface area contributed by atoms with Crippen molar-refractivity contribution in [2.75, 3.05) is 13.2 Å². The van der Waals surface area contributed by atoms with Gasteiger partial charge < -0.3 is 14.9 Å². The number of aromatic nitrogens is 4. The fourth-order valence-corrected chi connectivity index (χ4v) is 4.58. The third-order valence-electron chi connectivity index (χ3n) is 5.18. The molecule has 0 bridgehead atoms. The van der Waals surface area contributed by atoms with Crippen LogP contribution in [0, 0.1) is 0 Å². The number of ether oxygens (including phenoxy) is 1. The largest absolute Gasteiger partial charge is 0.461 e. The first kappa shape index (κ1) is 21.0. The van der Waals surface area contributed by atoms with Crippen molar-refractivity contribution in [3.63, 3.8) is 0 Å². The lowest BCUT2D eigenvalue weighted by atomic mass is 9.92. The van der Waals surface area contributed by atoms with Gasteiger partial charge in [0.1, 0.15) is 23.7 Å². The topological polar surface area (TPSA) is 95.1 Å². The Morgan fingerprint density at radius 1 is 1.40 bits per heavy atom. The molecule has 162 valence electrons. The highest BCUT2D eigenvalue weighted by Gasteiger charge is 2.40. The van der Waals surface area contributed by atoms with E-state index in [1.54, 1.807) is 4.57 Å². The molecule has 0 saturated heterocycles. The van der Waals surface area contributed by atoms with E-state index in [1.807, 2.05) is 13.0 Å². The number of nitrogens with zero attached hydrogens (tertiary/aromatic N) is 3. The number of aryl methyl sites for hydroxylation is 2. The minimum Gasteiger partial charge on any atom is -0.461 e. The molecule has 3 aromatic heterocycles. The molecular weight excluding hydrogens is 421 g/mol. The maximum Gasteiger partial charge on any atom is 0.457 e. The van der Waals surface area contributed by atoms with Crippen LogP contribution in [0.15, 0.2) is 12.3 Å². The molecule has 0 saturated carbocycles. The van der Waals surface area contributed by atoms with E-state index in [0.717, 1.165) is 33.4 Å². The summed E-state index contributed by atoms with van der Waals surface area (Å²) in [6.07, 6.45) is -2.50. The fourth-order valence-electron chi connectivity index (χ4n) is 3.62. The van der Waals surface area contributed by atoms with Crippen LogP contribution in [0.2, 0.25) is 0 Å². The number of thiophene rings is 1. The summed E-state index contributed by atoms with van der Waals surface area (Å²) in [6.45, 7) is 1.89. The summed E-state index contributed by atoms with van der Waals surface area (Å²) in [5, 5.41) is 19.4. The van der Waals surface area contributed by atoms with E-state index < -0.39 is 24.6 Å². The summed E-state index contributed by atoms with van der Waals surface area (Å²) in [6, 6.07) is 2.12. The van der Waals surface area contributed by atoms with Crippen molar-refractivity contribution in [3.8, 4) is 6.01 Å². The number of hydrogen-bond donors (Lipinski definition) is 3. The predicted octanol–water partition coefficient (Wildman–Crippen LogP) is 2.35. The maximum absolute atomic E-state index is 13.1. The number of nitrogens with one attached hydrogen (secondary N) is 1. The van der Waals surface area contributed by atoms with Gasteiger partial charge in [0, 0.05) is 16.2 Å². The van der Waals surface area contributed by atoms with Crippen LogP contribution in [-0.4, -0.2) is 44.5 Å². The summed E-state index contributed by atoms with van der Waals surface area (Å²) in [5.74, 6) is 0.411. The summed E-state index contributed by atoms with van der Waals surface area (Å²) >= 11 is 1.52. The zero-order valence-corrected chi connectivity index (χ0v) is 17.1. The predicted molar refractivity (Wildman–Crippen MR) is 102 cm³/mol. The van der Waals surface area contributed by atoms with Crippen molar-refractivity contribution >= 4 is 21.6 Å². The van der Waals surface area contributed by atoms with Crippen LogP contribution in [0.1, 0.15) is 41.4 Å². The maximum atomic E-state index is 13.1. The molecule has 2 atom stereocenters. The highest BCUT2D eigenvalue weighted by atomic mass is 32.1. The number of aromatic amines is 1. The SMILES string of the molecule is CCc1cc2c(C3CC[n+]4cc(C(F)(F)F)[nH]c4C3)nc(OCC(O)CO)nc2s1. The molecule has 2 unspecified atom stereocenters. The van der Waals surface area contributed by atoms with E-state index in [1.165, 1.54) is 11.3 Å². The van der Waals surface area contributed by atoms with Gasteiger partial charge in [-0.2, -0.15) is 23.1 Å². The first-order chi connectivity index (χ1) is 14.3. The van der Waals surface area contributed by atoms with Gasteiger partial charge in [0.15, 0.2) is 0 Å². The van der Waals surface area contributed by atoms with Crippen molar-refractivity contribution < 1.29 is 32.7 Å². The van der Waals surface area contributed by atoms with Gasteiger partial charge in [0.2, 0.25) is 5.69 Å². The van der Waals surface area contributed by atoms with E-state index in [-0.39, 0.29) is 18.5 Å². The fraction of sp³-hybridized carbons (Fsp3) is 0.526. The number of fused-ring (bicyclic) bond motifs is 2. The smallest absolute Gasteiger partial charge is 0.457 e. The number of halogens is 3. The van der Waals surface area contributed by atoms with Gasteiger partial charge in [-0.05, 0) is 18.9 Å². The van der Waals surface area contributed by atoms with E-state index in [9.17, 15) is 18.3 Å². The molecule has 3 aromatic rings. The second kappa shape index (κ2) is 8.12. The molecule has 0 spiro atoms. The molecule has 11 heteroatoms. The second-order valence-corrected chi connectivity index (χ2v) is 8.43. The van der Waals surface area contributed by atoms with E-state index in [2.05, 4.69) is 15.0 Å². The van der Waals surface area contributed by atoms with Gasteiger partial charge in [-0.3, -0.25) is 0 Å². The van der Waals surface area contributed by atoms with Crippen LogP contribution in [0.5, 0.6) is 6.01 Å². The number of aliphatic hydroxyl groups is 2. The van der Waals surface area contributed by atoms with Crippen LogP contribution in [0.4, 0.5) is 13.2 Å². The summed E-state index contributed by atoms with van der Waals surface area (Å²) in [5.41, 5.74) is -0.0179. The molecule has 0 aliphatic carbocycles. The molecule has 0 fully saturated rings. The monoisotopic (exact) mass is 443 g/mol. The highest BCUT2D eigenvalue weighted by Crippen LogP contribution is 2.36. The quantitative estimate of drug-likeness (QED) is 0.509. The molecule has 30 heavy (non-hydrogen) atoms. The minimum atomic E-state index is -4.42. The lowest BCUT2D eigenvalue weighted by Gasteiger charge is -2.20.